The number of ether oxygens (including phenoxy) is 2. The molecule has 2 heterocycles. The molecule has 0 aliphatic rings. The van der Waals surface area contributed by atoms with Crippen molar-refractivity contribution in [2.45, 2.75) is 28.6 Å². The number of hydrogen-bond acceptors (Lipinski definition) is 8. The van der Waals surface area contributed by atoms with Crippen molar-refractivity contribution in [1.82, 2.24) is 18.7 Å². The largest absolute Gasteiger partial charge is 0.497 e. The highest BCUT2D eigenvalue weighted by Gasteiger charge is 2.27. The van der Waals surface area contributed by atoms with E-state index in [9.17, 15) is 13.2 Å². The molecule has 2 aromatic heterocycles. The van der Waals surface area contributed by atoms with E-state index in [1.807, 2.05) is 47.9 Å². The maximum absolute atomic E-state index is 13.7. The first-order chi connectivity index (χ1) is 18.9. The van der Waals surface area contributed by atoms with Crippen LogP contribution in [0.4, 0.5) is 0 Å². The quantitative estimate of drug-likeness (QED) is 0.179. The topological polar surface area (TPSA) is 105 Å². The highest BCUT2D eigenvalue weighted by molar-refractivity contribution is 8.00. The van der Waals surface area contributed by atoms with Gasteiger partial charge in [-0.1, -0.05) is 55.1 Å². The second-order valence-corrected chi connectivity index (χ2v) is 11.5. The van der Waals surface area contributed by atoms with Gasteiger partial charge in [0, 0.05) is 22.8 Å². The van der Waals surface area contributed by atoms with E-state index < -0.39 is 15.3 Å². The van der Waals surface area contributed by atoms with Gasteiger partial charge in [0.1, 0.15) is 11.0 Å². The van der Waals surface area contributed by atoms with Gasteiger partial charge < -0.3 is 9.47 Å². The molecule has 11 heteroatoms. The zero-order chi connectivity index (χ0) is 27.6. The molecule has 0 N–H and O–H groups in total. The minimum atomic E-state index is -3.89. The molecule has 0 fully saturated rings. The molecule has 5 rings (SSSR count). The molecule has 5 aromatic rings. The van der Waals surface area contributed by atoms with Gasteiger partial charge in [0.2, 0.25) is 0 Å². The Bertz CT molecular complexity index is 1730. The molecule has 3 aromatic carbocycles. The van der Waals surface area contributed by atoms with Crippen LogP contribution in [-0.4, -0.2) is 52.6 Å². The van der Waals surface area contributed by atoms with Crippen LogP contribution < -0.4 is 4.74 Å². The number of rotatable bonds is 9. The predicted molar refractivity (Wildman–Crippen MR) is 150 cm³/mol. The lowest BCUT2D eigenvalue weighted by molar-refractivity contribution is -0.140. The predicted octanol–water partition coefficient (Wildman–Crippen LogP) is 5.18. The third-order valence-corrected chi connectivity index (χ3v) is 9.24. The van der Waals surface area contributed by atoms with E-state index in [2.05, 4.69) is 10.2 Å². The molecule has 39 heavy (non-hydrogen) atoms. The van der Waals surface area contributed by atoms with Gasteiger partial charge in [-0.05, 0) is 48.9 Å². The molecular formula is C28H26N4O5S2. The minimum absolute atomic E-state index is 0.175. The van der Waals surface area contributed by atoms with E-state index in [0.717, 1.165) is 5.69 Å². The molecule has 0 saturated carbocycles. The van der Waals surface area contributed by atoms with Crippen LogP contribution in [0.1, 0.15) is 13.3 Å². The normalized spacial score (nSPS) is 12.4. The van der Waals surface area contributed by atoms with Crippen molar-refractivity contribution >= 4 is 38.7 Å². The SMILES string of the molecule is CC[C@@H](Sc1nnc(-c2cn(S(=O)(=O)c3ccccc3)c3ccccc23)n1-c1ccc(OC)cc1)C(=O)OC. The van der Waals surface area contributed by atoms with Gasteiger partial charge in [-0.3, -0.25) is 9.36 Å². The summed E-state index contributed by atoms with van der Waals surface area (Å²) in [5, 5.41) is 9.59. The van der Waals surface area contributed by atoms with Crippen LogP contribution in [0.3, 0.4) is 0 Å². The van der Waals surface area contributed by atoms with Crippen LogP contribution >= 0.6 is 11.8 Å². The first kappa shape index (κ1) is 26.5. The van der Waals surface area contributed by atoms with Crippen LogP contribution in [0.15, 0.2) is 95.1 Å². The van der Waals surface area contributed by atoms with Crippen molar-refractivity contribution in [3.63, 3.8) is 0 Å². The summed E-state index contributed by atoms with van der Waals surface area (Å²) in [5.74, 6) is 0.744. The first-order valence-electron chi connectivity index (χ1n) is 12.1. The van der Waals surface area contributed by atoms with Crippen molar-refractivity contribution in [3.8, 4) is 22.8 Å². The number of carbonyl (C=O) groups is 1. The number of para-hydroxylation sites is 1. The third kappa shape index (κ3) is 4.90. The fourth-order valence-electron chi connectivity index (χ4n) is 4.27. The Morgan fingerprint density at radius 2 is 1.64 bits per heavy atom. The molecule has 0 unspecified atom stereocenters. The number of nitrogens with zero attached hydrogens (tertiary/aromatic N) is 4. The lowest BCUT2D eigenvalue weighted by atomic mass is 10.1. The van der Waals surface area contributed by atoms with Crippen LogP contribution in [0.5, 0.6) is 5.75 Å². The van der Waals surface area contributed by atoms with E-state index in [1.54, 1.807) is 55.8 Å². The molecule has 0 radical (unpaired) electrons. The minimum Gasteiger partial charge on any atom is -0.497 e. The highest BCUT2D eigenvalue weighted by atomic mass is 32.2. The van der Waals surface area contributed by atoms with Crippen molar-refractivity contribution in [3.05, 3.63) is 85.1 Å². The average molecular weight is 563 g/mol. The highest BCUT2D eigenvalue weighted by Crippen LogP contribution is 2.37. The smallest absolute Gasteiger partial charge is 0.319 e. The first-order valence-corrected chi connectivity index (χ1v) is 14.5. The van der Waals surface area contributed by atoms with E-state index in [4.69, 9.17) is 9.47 Å². The van der Waals surface area contributed by atoms with Gasteiger partial charge in [-0.25, -0.2) is 12.4 Å². The standard InChI is InChI=1S/C28H26N4O5S2/c1-4-25(27(33)37-3)38-28-30-29-26(32(28)19-14-16-20(36-2)17-15-19)23-18-31(24-13-9-8-12-22(23)24)39(34,35)21-10-6-5-7-11-21/h5-18,25H,4H2,1-3H3/t25-/m1/s1. The molecule has 0 bridgehead atoms. The van der Waals surface area contributed by atoms with Gasteiger partial charge in [-0.2, -0.15) is 0 Å². The van der Waals surface area contributed by atoms with Gasteiger partial charge in [0.15, 0.2) is 11.0 Å². The van der Waals surface area contributed by atoms with E-state index >= 15 is 0 Å². The third-order valence-electron chi connectivity index (χ3n) is 6.27. The lowest BCUT2D eigenvalue weighted by Gasteiger charge is -2.14. The number of fused-ring (bicyclic) bond motifs is 1. The van der Waals surface area contributed by atoms with Crippen LogP contribution in [0.2, 0.25) is 0 Å². The van der Waals surface area contributed by atoms with E-state index in [1.165, 1.54) is 22.8 Å². The maximum atomic E-state index is 13.7. The Kier molecular flexibility index (Phi) is 7.45. The average Bonchev–Trinajstić information content (AvgIpc) is 3.58. The molecule has 0 spiro atoms. The number of carbonyl (C=O) groups excluding carboxylic acids is 1. The van der Waals surface area contributed by atoms with Gasteiger partial charge in [0.05, 0.1) is 24.6 Å². The molecular weight excluding hydrogens is 536 g/mol. The summed E-state index contributed by atoms with van der Waals surface area (Å²) in [6.07, 6.45) is 2.10. The second kappa shape index (κ2) is 11.0. The summed E-state index contributed by atoms with van der Waals surface area (Å²) in [4.78, 5) is 12.6. The number of hydrogen-bond donors (Lipinski definition) is 0. The van der Waals surface area contributed by atoms with Crippen molar-refractivity contribution in [2.24, 2.45) is 0 Å². The molecule has 0 aliphatic heterocycles. The summed E-state index contributed by atoms with van der Waals surface area (Å²) in [6.45, 7) is 1.89. The van der Waals surface area contributed by atoms with Gasteiger partial charge in [-0.15, -0.1) is 10.2 Å². The number of thioether (sulfide) groups is 1. The Morgan fingerprint density at radius 3 is 2.31 bits per heavy atom. The molecule has 0 saturated heterocycles. The Balaban J connectivity index is 1.73. The Hall–Kier alpha value is -4.09. The van der Waals surface area contributed by atoms with Crippen molar-refractivity contribution < 1.29 is 22.7 Å². The zero-order valence-corrected chi connectivity index (χ0v) is 23.1. The summed E-state index contributed by atoms with van der Waals surface area (Å²) in [6, 6.07) is 22.9. The Morgan fingerprint density at radius 1 is 0.949 bits per heavy atom. The van der Waals surface area contributed by atoms with Crippen LogP contribution in [0, 0.1) is 0 Å². The molecule has 0 aliphatic carbocycles. The zero-order valence-electron chi connectivity index (χ0n) is 21.5. The monoisotopic (exact) mass is 562 g/mol. The van der Waals surface area contributed by atoms with Crippen LogP contribution in [0.25, 0.3) is 28.0 Å². The fraction of sp³-hybridized carbons (Fsp3) is 0.179. The van der Waals surface area contributed by atoms with Crippen molar-refractivity contribution in [1.29, 1.82) is 0 Å². The van der Waals surface area contributed by atoms with Gasteiger partial charge in [0.25, 0.3) is 10.0 Å². The maximum Gasteiger partial charge on any atom is 0.319 e. The molecule has 0 amide bonds. The fourth-order valence-corrected chi connectivity index (χ4v) is 6.66. The second-order valence-electron chi connectivity index (χ2n) is 8.55. The summed E-state index contributed by atoms with van der Waals surface area (Å²) < 4.78 is 40.7. The number of aromatic nitrogens is 4. The molecule has 200 valence electrons. The molecule has 1 atom stereocenters. The van der Waals surface area contributed by atoms with Crippen LogP contribution in [-0.2, 0) is 19.6 Å². The number of esters is 1. The Labute approximate surface area is 230 Å². The van der Waals surface area contributed by atoms with Crippen molar-refractivity contribution in [2.75, 3.05) is 14.2 Å². The van der Waals surface area contributed by atoms with E-state index in [-0.39, 0.29) is 10.9 Å². The van der Waals surface area contributed by atoms with E-state index in [0.29, 0.717) is 39.6 Å². The number of methoxy groups -OCH3 is 2. The molecule has 9 nitrogen and oxygen atoms in total. The summed E-state index contributed by atoms with van der Waals surface area (Å²) in [5.41, 5.74) is 1.81. The lowest BCUT2D eigenvalue weighted by Crippen LogP contribution is -2.18. The summed E-state index contributed by atoms with van der Waals surface area (Å²) in [7, 11) is -0.951. The summed E-state index contributed by atoms with van der Waals surface area (Å²) >= 11 is 1.24. The number of benzene rings is 3. The van der Waals surface area contributed by atoms with Gasteiger partial charge >= 0.3 is 5.97 Å².